The number of hydrogen-bond acceptors (Lipinski definition) is 3. The summed E-state index contributed by atoms with van der Waals surface area (Å²) in [4.78, 5) is 24.0. The standard InChI is InChI=1S/C18H22FN3O2/c19-12-7-11-5-6-17(23)21-14(11)9-15(12)22-18(24)16-8-10-3-1-2-4-13(10)20-16/h7,9-10,13,16,20H,1-6,8H2,(H,21,23)(H,22,24). The number of aryl methyl sites for hydroxylation is 1. The molecule has 0 spiro atoms. The van der Waals surface area contributed by atoms with Gasteiger partial charge in [0.25, 0.3) is 0 Å². The Hall–Kier alpha value is -1.95. The van der Waals surface area contributed by atoms with E-state index < -0.39 is 5.82 Å². The second kappa shape index (κ2) is 6.16. The molecule has 24 heavy (non-hydrogen) atoms. The first-order valence-corrected chi connectivity index (χ1v) is 8.79. The maximum Gasteiger partial charge on any atom is 0.241 e. The molecule has 1 saturated heterocycles. The van der Waals surface area contributed by atoms with E-state index in [0.29, 0.717) is 30.5 Å². The number of hydrogen-bond donors (Lipinski definition) is 3. The second-order valence-corrected chi connectivity index (χ2v) is 7.13. The molecule has 1 saturated carbocycles. The van der Waals surface area contributed by atoms with Crippen LogP contribution in [0.2, 0.25) is 0 Å². The summed E-state index contributed by atoms with van der Waals surface area (Å²) in [6.07, 6.45) is 6.44. The second-order valence-electron chi connectivity index (χ2n) is 7.13. The smallest absolute Gasteiger partial charge is 0.241 e. The Labute approximate surface area is 140 Å². The summed E-state index contributed by atoms with van der Waals surface area (Å²) in [5.41, 5.74) is 1.50. The lowest BCUT2D eigenvalue weighted by Gasteiger charge is -2.24. The molecule has 3 N–H and O–H groups in total. The summed E-state index contributed by atoms with van der Waals surface area (Å²) >= 11 is 0. The zero-order valence-electron chi connectivity index (χ0n) is 13.5. The van der Waals surface area contributed by atoms with Crippen molar-refractivity contribution in [3.8, 4) is 0 Å². The molecule has 0 aromatic heterocycles. The minimum atomic E-state index is -0.450. The lowest BCUT2D eigenvalue weighted by Crippen LogP contribution is -2.40. The highest BCUT2D eigenvalue weighted by Gasteiger charge is 2.38. The molecular weight excluding hydrogens is 309 g/mol. The van der Waals surface area contributed by atoms with Crippen molar-refractivity contribution in [2.24, 2.45) is 5.92 Å². The molecule has 128 valence electrons. The van der Waals surface area contributed by atoms with Gasteiger partial charge in [-0.25, -0.2) is 4.39 Å². The fraction of sp³-hybridized carbons (Fsp3) is 0.556. The van der Waals surface area contributed by atoms with Crippen LogP contribution in [0, 0.1) is 11.7 Å². The van der Waals surface area contributed by atoms with Crippen LogP contribution in [0.5, 0.6) is 0 Å². The molecular formula is C18H22FN3O2. The van der Waals surface area contributed by atoms with Crippen molar-refractivity contribution in [3.63, 3.8) is 0 Å². The Morgan fingerprint density at radius 2 is 2.04 bits per heavy atom. The fourth-order valence-corrected chi connectivity index (χ4v) is 4.24. The maximum atomic E-state index is 14.3. The minimum absolute atomic E-state index is 0.0760. The molecule has 2 fully saturated rings. The van der Waals surface area contributed by atoms with Crippen LogP contribution < -0.4 is 16.0 Å². The van der Waals surface area contributed by atoms with E-state index in [9.17, 15) is 14.0 Å². The van der Waals surface area contributed by atoms with Crippen molar-refractivity contribution in [2.75, 3.05) is 10.6 Å². The summed E-state index contributed by atoms with van der Waals surface area (Å²) in [6.45, 7) is 0. The van der Waals surface area contributed by atoms with Gasteiger partial charge in [0.2, 0.25) is 11.8 Å². The van der Waals surface area contributed by atoms with Gasteiger partial charge in [-0.05, 0) is 49.3 Å². The predicted molar refractivity (Wildman–Crippen MR) is 89.3 cm³/mol. The molecule has 2 aliphatic heterocycles. The molecule has 2 heterocycles. The summed E-state index contributed by atoms with van der Waals surface area (Å²) in [5.74, 6) is -0.158. The molecule has 2 amide bonds. The quantitative estimate of drug-likeness (QED) is 0.780. The highest BCUT2D eigenvalue weighted by molar-refractivity contribution is 5.98. The molecule has 6 heteroatoms. The number of nitrogens with one attached hydrogen (secondary N) is 3. The predicted octanol–water partition coefficient (Wildman–Crippen LogP) is 2.57. The van der Waals surface area contributed by atoms with Gasteiger partial charge in [-0.2, -0.15) is 0 Å². The van der Waals surface area contributed by atoms with Gasteiger partial charge in [0.05, 0.1) is 11.7 Å². The Bertz CT molecular complexity index is 677. The number of amides is 2. The molecule has 0 radical (unpaired) electrons. The van der Waals surface area contributed by atoms with Crippen molar-refractivity contribution >= 4 is 23.2 Å². The molecule has 1 aromatic rings. The SMILES string of the molecule is O=C1CCc2cc(F)c(NC(=O)C3CC4CCCCC4N3)cc2N1. The van der Waals surface area contributed by atoms with Gasteiger partial charge in [0.15, 0.2) is 0 Å². The van der Waals surface area contributed by atoms with E-state index >= 15 is 0 Å². The number of carbonyl (C=O) groups is 2. The first kappa shape index (κ1) is 15.6. The van der Waals surface area contributed by atoms with Gasteiger partial charge in [0, 0.05) is 18.2 Å². The van der Waals surface area contributed by atoms with E-state index in [0.717, 1.165) is 18.4 Å². The average Bonchev–Trinajstić information content (AvgIpc) is 3.00. The Morgan fingerprint density at radius 3 is 2.88 bits per heavy atom. The average molecular weight is 331 g/mol. The Kier molecular flexibility index (Phi) is 4.00. The number of fused-ring (bicyclic) bond motifs is 2. The summed E-state index contributed by atoms with van der Waals surface area (Å²) < 4.78 is 14.3. The first-order valence-electron chi connectivity index (χ1n) is 8.79. The van der Waals surface area contributed by atoms with E-state index in [1.165, 1.54) is 31.4 Å². The molecule has 3 aliphatic rings. The highest BCUT2D eigenvalue weighted by atomic mass is 19.1. The van der Waals surface area contributed by atoms with Crippen LogP contribution in [0.3, 0.4) is 0 Å². The molecule has 0 bridgehead atoms. The Balaban J connectivity index is 1.48. The third-order valence-corrected chi connectivity index (χ3v) is 5.53. The zero-order valence-corrected chi connectivity index (χ0v) is 13.5. The van der Waals surface area contributed by atoms with E-state index in [-0.39, 0.29) is 23.5 Å². The van der Waals surface area contributed by atoms with Gasteiger partial charge in [-0.3, -0.25) is 9.59 Å². The third kappa shape index (κ3) is 2.90. The molecule has 3 unspecified atom stereocenters. The van der Waals surface area contributed by atoms with Gasteiger partial charge in [0.1, 0.15) is 5.82 Å². The minimum Gasteiger partial charge on any atom is -0.326 e. The van der Waals surface area contributed by atoms with Crippen LogP contribution in [0.4, 0.5) is 15.8 Å². The van der Waals surface area contributed by atoms with Crippen LogP contribution >= 0.6 is 0 Å². The maximum absolute atomic E-state index is 14.3. The monoisotopic (exact) mass is 331 g/mol. The Morgan fingerprint density at radius 1 is 1.21 bits per heavy atom. The topological polar surface area (TPSA) is 70.2 Å². The summed E-state index contributed by atoms with van der Waals surface area (Å²) in [5, 5.41) is 8.83. The van der Waals surface area contributed by atoms with E-state index in [1.807, 2.05) is 0 Å². The number of halogens is 1. The van der Waals surface area contributed by atoms with Crippen LogP contribution in [0.25, 0.3) is 0 Å². The van der Waals surface area contributed by atoms with Gasteiger partial charge in [-0.1, -0.05) is 12.8 Å². The molecule has 3 atom stereocenters. The normalized spacial score (nSPS) is 28.7. The van der Waals surface area contributed by atoms with Crippen molar-refractivity contribution in [3.05, 3.63) is 23.5 Å². The first-order chi connectivity index (χ1) is 11.6. The van der Waals surface area contributed by atoms with Crippen molar-refractivity contribution in [1.82, 2.24) is 5.32 Å². The van der Waals surface area contributed by atoms with Gasteiger partial charge < -0.3 is 16.0 Å². The fourth-order valence-electron chi connectivity index (χ4n) is 4.24. The van der Waals surface area contributed by atoms with E-state index in [4.69, 9.17) is 0 Å². The lowest BCUT2D eigenvalue weighted by molar-refractivity contribution is -0.118. The highest BCUT2D eigenvalue weighted by Crippen LogP contribution is 2.34. The third-order valence-electron chi connectivity index (χ3n) is 5.53. The summed E-state index contributed by atoms with van der Waals surface area (Å²) in [7, 11) is 0. The van der Waals surface area contributed by atoms with Crippen molar-refractivity contribution in [1.29, 1.82) is 0 Å². The molecule has 4 rings (SSSR count). The number of rotatable bonds is 2. The molecule has 1 aromatic carbocycles. The summed E-state index contributed by atoms with van der Waals surface area (Å²) in [6, 6.07) is 3.10. The van der Waals surface area contributed by atoms with Crippen LogP contribution in [-0.2, 0) is 16.0 Å². The van der Waals surface area contributed by atoms with Gasteiger partial charge >= 0.3 is 0 Å². The lowest BCUT2D eigenvalue weighted by atomic mass is 9.85. The van der Waals surface area contributed by atoms with Gasteiger partial charge in [-0.15, -0.1) is 0 Å². The van der Waals surface area contributed by atoms with E-state index in [2.05, 4.69) is 16.0 Å². The number of benzene rings is 1. The van der Waals surface area contributed by atoms with Crippen molar-refractivity contribution in [2.45, 2.75) is 57.0 Å². The van der Waals surface area contributed by atoms with Crippen LogP contribution in [0.1, 0.15) is 44.1 Å². The van der Waals surface area contributed by atoms with E-state index in [1.54, 1.807) is 0 Å². The van der Waals surface area contributed by atoms with Crippen LogP contribution in [0.15, 0.2) is 12.1 Å². The van der Waals surface area contributed by atoms with Crippen LogP contribution in [-0.4, -0.2) is 23.9 Å². The van der Waals surface area contributed by atoms with Crippen molar-refractivity contribution < 1.29 is 14.0 Å². The zero-order chi connectivity index (χ0) is 16.7. The molecule has 5 nitrogen and oxygen atoms in total. The number of anilines is 2. The molecule has 1 aliphatic carbocycles. The number of carbonyl (C=O) groups excluding carboxylic acids is 2. The largest absolute Gasteiger partial charge is 0.326 e.